The lowest BCUT2D eigenvalue weighted by Gasteiger charge is -2.17. The Morgan fingerprint density at radius 2 is 1.66 bits per heavy atom. The number of allylic oxidation sites excluding steroid dienone is 1. The van der Waals surface area contributed by atoms with Gasteiger partial charge in [-0.1, -0.05) is 41.9 Å². The molecule has 3 amide bonds. The Labute approximate surface area is 222 Å². The maximum absolute atomic E-state index is 13.1. The van der Waals surface area contributed by atoms with Crippen LogP contribution in [-0.2, 0) is 0 Å². The number of benzene rings is 3. The first-order chi connectivity index (χ1) is 18.0. The van der Waals surface area contributed by atoms with Crippen LogP contribution in [0, 0.1) is 5.41 Å². The zero-order chi connectivity index (χ0) is 27.4. The number of nitrogens with one attached hydrogen (secondary N) is 3. The summed E-state index contributed by atoms with van der Waals surface area (Å²) in [6.45, 7) is 1.14. The lowest BCUT2D eigenvalue weighted by Crippen LogP contribution is -2.29. The van der Waals surface area contributed by atoms with E-state index in [9.17, 15) is 22.8 Å². The van der Waals surface area contributed by atoms with Crippen molar-refractivity contribution in [2.24, 2.45) is 0 Å². The number of hydrogen-bond acceptors (Lipinski definition) is 4. The Balaban J connectivity index is 1.54. The molecule has 11 heteroatoms. The molecule has 38 heavy (non-hydrogen) atoms. The summed E-state index contributed by atoms with van der Waals surface area (Å²) in [6, 6.07) is 19.2. The van der Waals surface area contributed by atoms with Crippen molar-refractivity contribution in [2.75, 3.05) is 35.7 Å². The number of likely N-dealkylation sites (N-methyl/N-ethyl adjacent to an activating group) is 1. The van der Waals surface area contributed by atoms with Crippen LogP contribution in [0.1, 0.15) is 15.9 Å². The van der Waals surface area contributed by atoms with Gasteiger partial charge in [-0.25, -0.2) is 4.79 Å². The first-order valence-corrected chi connectivity index (χ1v) is 11.8. The average Bonchev–Trinajstić information content (AvgIpc) is 3.22. The number of carbonyl (C=O) groups excluding carboxylic acids is 2. The highest BCUT2D eigenvalue weighted by Crippen LogP contribution is 2.28. The predicted octanol–water partition coefficient (Wildman–Crippen LogP) is 6.50. The number of rotatable bonds is 7. The third-order valence-electron chi connectivity index (χ3n) is 5.83. The number of urea groups is 1. The minimum atomic E-state index is -4.84. The molecule has 0 aliphatic carbocycles. The van der Waals surface area contributed by atoms with Gasteiger partial charge in [0.25, 0.3) is 5.91 Å². The van der Waals surface area contributed by atoms with Gasteiger partial charge < -0.3 is 15.5 Å². The summed E-state index contributed by atoms with van der Waals surface area (Å²) in [5, 5.41) is 13.3. The standard InChI is InChI=1S/C27H23ClF3N5O2/c1-35-13-14-36(26(35)38)20-6-4-5-19(15-20)33-25(37)18-11-9-17(10-12-18)23(16-24(32)27(29,30)31)34-22-8-3-2-7-21(22)28/h2-12,15-16,32,34H,13-14H2,1H3,(H,33,37)/b23-16-,32-24?. The summed E-state index contributed by atoms with van der Waals surface area (Å²) in [5.41, 5.74) is 0.517. The average molecular weight is 542 g/mol. The zero-order valence-electron chi connectivity index (χ0n) is 20.1. The van der Waals surface area contributed by atoms with Gasteiger partial charge in [0.1, 0.15) is 5.71 Å². The van der Waals surface area contributed by atoms with Crippen molar-refractivity contribution >= 4 is 52.0 Å². The first kappa shape index (κ1) is 26.7. The molecule has 3 aromatic carbocycles. The molecule has 1 saturated heterocycles. The highest BCUT2D eigenvalue weighted by molar-refractivity contribution is 6.33. The van der Waals surface area contributed by atoms with Crippen LogP contribution >= 0.6 is 11.6 Å². The lowest BCUT2D eigenvalue weighted by molar-refractivity contribution is -0.0583. The van der Waals surface area contributed by atoms with Crippen molar-refractivity contribution in [1.29, 1.82) is 5.41 Å². The van der Waals surface area contributed by atoms with E-state index in [0.29, 0.717) is 41.8 Å². The molecule has 0 aromatic heterocycles. The Hall–Kier alpha value is -4.31. The molecule has 0 unspecified atom stereocenters. The Morgan fingerprint density at radius 3 is 2.29 bits per heavy atom. The number of para-hydroxylation sites is 1. The Morgan fingerprint density at radius 1 is 0.974 bits per heavy atom. The summed E-state index contributed by atoms with van der Waals surface area (Å²) in [6.07, 6.45) is -4.17. The molecular formula is C27H23ClF3N5O2. The molecule has 7 nitrogen and oxygen atoms in total. The van der Waals surface area contributed by atoms with Crippen LogP contribution in [0.4, 0.5) is 35.0 Å². The van der Waals surface area contributed by atoms with Crippen molar-refractivity contribution in [3.8, 4) is 0 Å². The van der Waals surface area contributed by atoms with Crippen LogP contribution in [0.25, 0.3) is 5.70 Å². The highest BCUT2D eigenvalue weighted by atomic mass is 35.5. The molecule has 0 radical (unpaired) electrons. The van der Waals surface area contributed by atoms with E-state index in [1.54, 1.807) is 65.4 Å². The summed E-state index contributed by atoms with van der Waals surface area (Å²) in [7, 11) is 1.72. The van der Waals surface area contributed by atoms with E-state index in [0.717, 1.165) is 0 Å². The van der Waals surface area contributed by atoms with E-state index in [-0.39, 0.29) is 22.3 Å². The smallest absolute Gasteiger partial charge is 0.354 e. The molecular weight excluding hydrogens is 519 g/mol. The molecule has 3 N–H and O–H groups in total. The maximum atomic E-state index is 13.1. The van der Waals surface area contributed by atoms with Gasteiger partial charge in [0.05, 0.1) is 10.7 Å². The number of anilines is 3. The molecule has 0 bridgehead atoms. The van der Waals surface area contributed by atoms with Crippen LogP contribution in [0.2, 0.25) is 5.02 Å². The van der Waals surface area contributed by atoms with Crippen LogP contribution in [0.5, 0.6) is 0 Å². The fourth-order valence-electron chi connectivity index (χ4n) is 3.77. The quantitative estimate of drug-likeness (QED) is 0.298. The number of carbonyl (C=O) groups is 2. The maximum Gasteiger partial charge on any atom is 0.432 e. The lowest BCUT2D eigenvalue weighted by atomic mass is 10.1. The highest BCUT2D eigenvalue weighted by Gasteiger charge is 2.33. The van der Waals surface area contributed by atoms with Crippen molar-refractivity contribution < 1.29 is 22.8 Å². The van der Waals surface area contributed by atoms with Crippen molar-refractivity contribution in [3.05, 3.63) is 95.0 Å². The van der Waals surface area contributed by atoms with Crippen LogP contribution < -0.4 is 15.5 Å². The Bertz CT molecular complexity index is 1410. The van der Waals surface area contributed by atoms with Gasteiger partial charge >= 0.3 is 12.2 Å². The number of halogens is 4. The number of alkyl halides is 3. The van der Waals surface area contributed by atoms with E-state index in [1.165, 1.54) is 24.3 Å². The second kappa shape index (κ2) is 11.0. The van der Waals surface area contributed by atoms with E-state index >= 15 is 0 Å². The minimum absolute atomic E-state index is 0.0136. The number of nitrogens with zero attached hydrogens (tertiary/aromatic N) is 2. The van der Waals surface area contributed by atoms with Gasteiger partial charge in [0.2, 0.25) is 0 Å². The van der Waals surface area contributed by atoms with Gasteiger partial charge in [-0.2, -0.15) is 13.2 Å². The third kappa shape index (κ3) is 6.15. The second-order valence-electron chi connectivity index (χ2n) is 8.51. The summed E-state index contributed by atoms with van der Waals surface area (Å²) >= 11 is 6.15. The summed E-state index contributed by atoms with van der Waals surface area (Å²) < 4.78 is 39.3. The predicted molar refractivity (Wildman–Crippen MR) is 143 cm³/mol. The summed E-state index contributed by atoms with van der Waals surface area (Å²) in [5.74, 6) is -0.439. The van der Waals surface area contributed by atoms with Gasteiger partial charge in [-0.05, 0) is 54.1 Å². The van der Waals surface area contributed by atoms with Crippen LogP contribution in [0.15, 0.2) is 78.9 Å². The normalized spacial score (nSPS) is 14.0. The Kier molecular flexibility index (Phi) is 7.72. The molecule has 3 aromatic rings. The van der Waals surface area contributed by atoms with Crippen LogP contribution in [-0.4, -0.2) is 48.9 Å². The minimum Gasteiger partial charge on any atom is -0.354 e. The fraction of sp³-hybridized carbons (Fsp3) is 0.148. The monoisotopic (exact) mass is 541 g/mol. The van der Waals surface area contributed by atoms with Crippen LogP contribution in [0.3, 0.4) is 0 Å². The van der Waals surface area contributed by atoms with Gasteiger partial charge in [0, 0.05) is 42.8 Å². The molecule has 0 spiro atoms. The van der Waals surface area contributed by atoms with Crippen molar-refractivity contribution in [1.82, 2.24) is 4.90 Å². The third-order valence-corrected chi connectivity index (χ3v) is 6.16. The van der Waals surface area contributed by atoms with E-state index in [4.69, 9.17) is 17.0 Å². The van der Waals surface area contributed by atoms with E-state index in [1.807, 2.05) is 0 Å². The second-order valence-corrected chi connectivity index (χ2v) is 8.92. The summed E-state index contributed by atoms with van der Waals surface area (Å²) in [4.78, 5) is 28.4. The SMILES string of the molecule is CN1CCN(c2cccc(NC(=O)c3ccc(/C(=C/C(=N)C(F)(F)F)Nc4ccccc4Cl)cc3)c2)C1=O. The molecule has 196 valence electrons. The first-order valence-electron chi connectivity index (χ1n) is 11.5. The molecule has 0 saturated carbocycles. The van der Waals surface area contributed by atoms with Gasteiger partial charge in [-0.15, -0.1) is 0 Å². The van der Waals surface area contributed by atoms with E-state index in [2.05, 4.69) is 10.6 Å². The topological polar surface area (TPSA) is 88.5 Å². The van der Waals surface area contributed by atoms with Crippen molar-refractivity contribution in [3.63, 3.8) is 0 Å². The molecule has 1 aliphatic heterocycles. The zero-order valence-corrected chi connectivity index (χ0v) is 20.9. The number of amides is 3. The van der Waals surface area contributed by atoms with E-state index < -0.39 is 17.8 Å². The largest absolute Gasteiger partial charge is 0.432 e. The molecule has 1 fully saturated rings. The molecule has 4 rings (SSSR count). The molecule has 1 heterocycles. The number of hydrogen-bond donors (Lipinski definition) is 3. The van der Waals surface area contributed by atoms with Gasteiger partial charge in [0.15, 0.2) is 0 Å². The fourth-order valence-corrected chi connectivity index (χ4v) is 3.95. The molecule has 0 atom stereocenters. The van der Waals surface area contributed by atoms with Gasteiger partial charge in [-0.3, -0.25) is 15.1 Å². The molecule has 1 aliphatic rings. The van der Waals surface area contributed by atoms with Crippen molar-refractivity contribution in [2.45, 2.75) is 6.18 Å².